The summed E-state index contributed by atoms with van der Waals surface area (Å²) in [6.45, 7) is 4.62. The number of ether oxygens (including phenoxy) is 1. The number of hydrogen-bond acceptors (Lipinski definition) is 5. The van der Waals surface area contributed by atoms with E-state index in [2.05, 4.69) is 6.92 Å². The standard InChI is InChI=1S/C35H49NO5/c1-4-5-6-7-8-9-10-11-12-13-14-15-16-17-24-36-32(28-22-23-29(37)30(25-28)41-3)31(34(39)35(36)40)33(38)27-20-18-26(2)19-21-27/h18-23,25,32,37-38H,4-17,24H2,1-3H3/b33-31+. The summed E-state index contributed by atoms with van der Waals surface area (Å²) in [7, 11) is 1.46. The highest BCUT2D eigenvalue weighted by Crippen LogP contribution is 2.42. The van der Waals surface area contributed by atoms with Crippen LogP contribution in [0.3, 0.4) is 0 Å². The molecule has 6 heteroatoms. The first-order chi connectivity index (χ1) is 19.9. The van der Waals surface area contributed by atoms with Gasteiger partial charge in [0.1, 0.15) is 5.76 Å². The number of likely N-dealkylation sites (tertiary alicyclic amines) is 1. The number of amides is 1. The highest BCUT2D eigenvalue weighted by Gasteiger charge is 2.46. The Labute approximate surface area is 246 Å². The lowest BCUT2D eigenvalue weighted by Gasteiger charge is -2.26. The van der Waals surface area contributed by atoms with Gasteiger partial charge in [-0.2, -0.15) is 0 Å². The minimum absolute atomic E-state index is 0.0290. The number of methoxy groups -OCH3 is 1. The second-order valence-corrected chi connectivity index (χ2v) is 11.4. The van der Waals surface area contributed by atoms with Crippen molar-refractivity contribution in [2.24, 2.45) is 0 Å². The Bertz CT molecular complexity index is 1150. The van der Waals surface area contributed by atoms with E-state index in [0.29, 0.717) is 17.7 Å². The summed E-state index contributed by atoms with van der Waals surface area (Å²) < 4.78 is 5.30. The van der Waals surface area contributed by atoms with Gasteiger partial charge in [-0.15, -0.1) is 0 Å². The van der Waals surface area contributed by atoms with E-state index in [9.17, 15) is 19.8 Å². The van der Waals surface area contributed by atoms with Crippen LogP contribution in [0, 0.1) is 6.92 Å². The van der Waals surface area contributed by atoms with E-state index < -0.39 is 17.7 Å². The minimum Gasteiger partial charge on any atom is -0.507 e. The van der Waals surface area contributed by atoms with Gasteiger partial charge >= 0.3 is 0 Å². The molecule has 0 saturated carbocycles. The molecule has 0 bridgehead atoms. The quantitative estimate of drug-likeness (QED) is 0.0820. The van der Waals surface area contributed by atoms with Crippen LogP contribution in [0.15, 0.2) is 48.0 Å². The number of benzene rings is 2. The van der Waals surface area contributed by atoms with E-state index >= 15 is 0 Å². The number of rotatable bonds is 18. The van der Waals surface area contributed by atoms with Crippen LogP contribution in [0.5, 0.6) is 11.5 Å². The number of aromatic hydroxyl groups is 1. The number of hydrogen-bond donors (Lipinski definition) is 2. The largest absolute Gasteiger partial charge is 0.507 e. The maximum atomic E-state index is 13.3. The fourth-order valence-corrected chi connectivity index (χ4v) is 5.67. The Morgan fingerprint density at radius 3 is 1.88 bits per heavy atom. The number of ketones is 1. The molecule has 2 aromatic carbocycles. The zero-order valence-electron chi connectivity index (χ0n) is 25.3. The highest BCUT2D eigenvalue weighted by atomic mass is 16.5. The SMILES string of the molecule is CCCCCCCCCCCCCCCCN1C(=O)C(=O)/C(=C(/O)c2ccc(C)cc2)C1c1ccc(O)c(OC)c1. The molecule has 0 aliphatic carbocycles. The number of phenols is 1. The van der Waals surface area contributed by atoms with Crippen molar-refractivity contribution >= 4 is 17.4 Å². The summed E-state index contributed by atoms with van der Waals surface area (Å²) in [6, 6.07) is 11.3. The average molecular weight is 564 g/mol. The van der Waals surface area contributed by atoms with Gasteiger partial charge in [0.25, 0.3) is 11.7 Å². The Balaban J connectivity index is 1.59. The molecule has 224 valence electrons. The van der Waals surface area contributed by atoms with Gasteiger partial charge in [-0.1, -0.05) is 126 Å². The number of aliphatic hydroxyl groups excluding tert-OH is 1. The monoisotopic (exact) mass is 563 g/mol. The van der Waals surface area contributed by atoms with Gasteiger partial charge in [0.15, 0.2) is 11.5 Å². The molecule has 2 N–H and O–H groups in total. The van der Waals surface area contributed by atoms with Gasteiger partial charge in [0.05, 0.1) is 18.7 Å². The third kappa shape index (κ3) is 9.11. The van der Waals surface area contributed by atoms with E-state index in [1.807, 2.05) is 19.1 Å². The summed E-state index contributed by atoms with van der Waals surface area (Å²) in [5.41, 5.74) is 2.19. The maximum absolute atomic E-state index is 13.3. The molecule has 1 saturated heterocycles. The summed E-state index contributed by atoms with van der Waals surface area (Å²) in [4.78, 5) is 28.1. The maximum Gasteiger partial charge on any atom is 0.295 e. The van der Waals surface area contributed by atoms with Crippen molar-refractivity contribution < 1.29 is 24.5 Å². The molecule has 0 spiro atoms. The highest BCUT2D eigenvalue weighted by molar-refractivity contribution is 6.46. The van der Waals surface area contributed by atoms with Crippen molar-refractivity contribution in [1.82, 2.24) is 4.90 Å². The molecule has 6 nitrogen and oxygen atoms in total. The molecular weight excluding hydrogens is 514 g/mol. The summed E-state index contributed by atoms with van der Waals surface area (Å²) in [6.07, 6.45) is 17.4. The summed E-state index contributed by atoms with van der Waals surface area (Å²) in [5.74, 6) is -1.27. The van der Waals surface area contributed by atoms with Crippen molar-refractivity contribution in [3.8, 4) is 11.5 Å². The average Bonchev–Trinajstić information content (AvgIpc) is 3.22. The first kappa shape index (κ1) is 32.2. The fourth-order valence-electron chi connectivity index (χ4n) is 5.67. The Kier molecular flexibility index (Phi) is 13.3. The van der Waals surface area contributed by atoms with Crippen molar-refractivity contribution in [3.63, 3.8) is 0 Å². The van der Waals surface area contributed by atoms with Crippen LogP contribution in [-0.4, -0.2) is 40.5 Å². The Morgan fingerprint density at radius 1 is 0.805 bits per heavy atom. The van der Waals surface area contributed by atoms with Crippen molar-refractivity contribution in [3.05, 3.63) is 64.7 Å². The molecule has 1 aliphatic heterocycles. The third-order valence-electron chi connectivity index (χ3n) is 8.14. The molecule has 1 aliphatic rings. The lowest BCUT2D eigenvalue weighted by Crippen LogP contribution is -2.30. The number of aryl methyl sites for hydroxylation is 1. The van der Waals surface area contributed by atoms with Gasteiger partial charge in [-0.25, -0.2) is 0 Å². The van der Waals surface area contributed by atoms with Crippen molar-refractivity contribution in [2.75, 3.05) is 13.7 Å². The lowest BCUT2D eigenvalue weighted by molar-refractivity contribution is -0.139. The smallest absolute Gasteiger partial charge is 0.295 e. The molecule has 1 fully saturated rings. The fraction of sp³-hybridized carbons (Fsp3) is 0.543. The molecule has 1 amide bonds. The topological polar surface area (TPSA) is 87.1 Å². The Morgan fingerprint density at radius 2 is 1.34 bits per heavy atom. The van der Waals surface area contributed by atoms with E-state index in [1.54, 1.807) is 29.2 Å². The minimum atomic E-state index is -0.757. The van der Waals surface area contributed by atoms with Crippen LogP contribution in [0.1, 0.15) is 120 Å². The van der Waals surface area contributed by atoms with Gasteiger partial charge < -0.3 is 19.8 Å². The lowest BCUT2D eigenvalue weighted by atomic mass is 9.94. The van der Waals surface area contributed by atoms with E-state index in [1.165, 1.54) is 83.8 Å². The van der Waals surface area contributed by atoms with Gasteiger partial charge in [-0.05, 0) is 31.0 Å². The number of nitrogens with zero attached hydrogens (tertiary/aromatic N) is 1. The number of unbranched alkanes of at least 4 members (excludes halogenated alkanes) is 13. The van der Waals surface area contributed by atoms with Crippen molar-refractivity contribution in [1.29, 1.82) is 0 Å². The first-order valence-electron chi connectivity index (χ1n) is 15.6. The van der Waals surface area contributed by atoms with E-state index in [-0.39, 0.29) is 22.8 Å². The second-order valence-electron chi connectivity index (χ2n) is 11.4. The van der Waals surface area contributed by atoms with Gasteiger partial charge in [0.2, 0.25) is 0 Å². The predicted octanol–water partition coefficient (Wildman–Crippen LogP) is 8.61. The molecular formula is C35H49NO5. The number of carbonyl (C=O) groups is 2. The third-order valence-corrected chi connectivity index (χ3v) is 8.14. The first-order valence-corrected chi connectivity index (χ1v) is 15.6. The van der Waals surface area contributed by atoms with Crippen molar-refractivity contribution in [2.45, 2.75) is 110 Å². The zero-order valence-corrected chi connectivity index (χ0v) is 25.3. The zero-order chi connectivity index (χ0) is 29.6. The number of carbonyl (C=O) groups excluding carboxylic acids is 2. The van der Waals surface area contributed by atoms with E-state index in [0.717, 1.165) is 24.8 Å². The molecule has 0 radical (unpaired) electrons. The van der Waals surface area contributed by atoms with E-state index in [4.69, 9.17) is 4.74 Å². The predicted molar refractivity (Wildman–Crippen MR) is 165 cm³/mol. The summed E-state index contributed by atoms with van der Waals surface area (Å²) >= 11 is 0. The number of Topliss-reactive ketones (excluding diaryl/α,β-unsaturated/α-hetero) is 1. The van der Waals surface area contributed by atoms with Gasteiger partial charge in [-0.3, -0.25) is 9.59 Å². The van der Waals surface area contributed by atoms with Crippen LogP contribution in [0.25, 0.3) is 5.76 Å². The molecule has 2 aromatic rings. The molecule has 3 rings (SSSR count). The van der Waals surface area contributed by atoms with Crippen LogP contribution in [-0.2, 0) is 9.59 Å². The number of phenolic OH excluding ortho intramolecular Hbond substituents is 1. The van der Waals surface area contributed by atoms with Crippen LogP contribution in [0.2, 0.25) is 0 Å². The molecule has 41 heavy (non-hydrogen) atoms. The molecule has 1 unspecified atom stereocenters. The van der Waals surface area contributed by atoms with Gasteiger partial charge in [0, 0.05) is 12.1 Å². The second kappa shape index (κ2) is 16.9. The normalized spacial score (nSPS) is 16.5. The summed E-state index contributed by atoms with van der Waals surface area (Å²) in [5, 5.41) is 21.4. The molecule has 1 heterocycles. The molecule has 0 aromatic heterocycles. The Hall–Kier alpha value is -3.28. The molecule has 1 atom stereocenters. The van der Waals surface area contributed by atoms with Crippen LogP contribution >= 0.6 is 0 Å². The van der Waals surface area contributed by atoms with Crippen LogP contribution in [0.4, 0.5) is 0 Å². The number of aliphatic hydroxyl groups is 1. The van der Waals surface area contributed by atoms with Crippen LogP contribution < -0.4 is 4.74 Å².